The number of nitrogens with zero attached hydrogens (tertiary/aromatic N) is 2. The van der Waals surface area contributed by atoms with Crippen LogP contribution in [0.15, 0.2) is 6.20 Å². The van der Waals surface area contributed by atoms with E-state index in [0.29, 0.717) is 6.42 Å². The van der Waals surface area contributed by atoms with E-state index in [1.54, 1.807) is 0 Å². The van der Waals surface area contributed by atoms with Gasteiger partial charge in [0, 0.05) is 0 Å². The number of unbranched alkanes of at least 4 members (excludes halogenated alkanes) is 3. The van der Waals surface area contributed by atoms with Gasteiger partial charge in [0.2, 0.25) is 0 Å². The fraction of sp³-hybridized carbons (Fsp3) is 0.842. The summed E-state index contributed by atoms with van der Waals surface area (Å²) in [7, 11) is 2.10. The van der Waals surface area contributed by atoms with Crippen LogP contribution in [0.5, 0.6) is 0 Å². The van der Waals surface area contributed by atoms with E-state index < -0.39 is 18.4 Å². The summed E-state index contributed by atoms with van der Waals surface area (Å²) in [6, 6.07) is 0. The van der Waals surface area contributed by atoms with E-state index in [1.807, 2.05) is 6.92 Å². The molecule has 0 fully saturated rings. The van der Waals surface area contributed by atoms with Gasteiger partial charge < -0.3 is 0 Å². The molecule has 4 heteroatoms. The van der Waals surface area contributed by atoms with Gasteiger partial charge in [-0.25, -0.2) is 0 Å². The van der Waals surface area contributed by atoms with Crippen LogP contribution in [0.25, 0.3) is 0 Å². The van der Waals surface area contributed by atoms with Crippen LogP contribution in [0.1, 0.15) is 72.0 Å². The van der Waals surface area contributed by atoms with Crippen molar-refractivity contribution in [2.45, 2.75) is 92.1 Å². The van der Waals surface area contributed by atoms with Crippen molar-refractivity contribution in [2.24, 2.45) is 7.05 Å². The molecule has 23 heavy (non-hydrogen) atoms. The number of rotatable bonds is 12. The van der Waals surface area contributed by atoms with Crippen LogP contribution in [0, 0.1) is 0 Å². The first-order chi connectivity index (χ1) is 11.0. The second-order valence-electron chi connectivity index (χ2n) is 7.30. The average Bonchev–Trinajstić information content (AvgIpc) is 2.88. The predicted octanol–water partition coefficient (Wildman–Crippen LogP) is 4.40. The van der Waals surface area contributed by atoms with Crippen molar-refractivity contribution < 1.29 is 5.11 Å². The van der Waals surface area contributed by atoms with Crippen molar-refractivity contribution in [2.75, 3.05) is 0 Å². The van der Waals surface area contributed by atoms with E-state index >= 15 is 0 Å². The van der Waals surface area contributed by atoms with Gasteiger partial charge in [-0.05, 0) is 0 Å². The molecule has 0 saturated carbocycles. The Morgan fingerprint density at radius 2 is 1.52 bits per heavy atom. The van der Waals surface area contributed by atoms with Crippen molar-refractivity contribution in [1.82, 2.24) is 9.55 Å². The molecule has 0 aliphatic carbocycles. The topological polar surface area (TPSA) is 38.0 Å². The average molecular weight is 429 g/mol. The van der Waals surface area contributed by atoms with Gasteiger partial charge in [0.1, 0.15) is 0 Å². The molecule has 0 amide bonds. The van der Waals surface area contributed by atoms with Crippen LogP contribution >= 0.6 is 0 Å². The number of aliphatic hydroxyl groups excluding tert-OH is 1. The van der Waals surface area contributed by atoms with Gasteiger partial charge in [0.05, 0.1) is 0 Å². The van der Waals surface area contributed by atoms with Crippen LogP contribution in [0.2, 0.25) is 13.3 Å². The second-order valence-corrected chi connectivity index (χ2v) is 20.3. The van der Waals surface area contributed by atoms with Gasteiger partial charge in [0.15, 0.2) is 0 Å². The van der Waals surface area contributed by atoms with E-state index in [2.05, 4.69) is 38.6 Å². The van der Waals surface area contributed by atoms with Crippen LogP contribution in [0.4, 0.5) is 0 Å². The molecule has 0 saturated heterocycles. The Kier molecular flexibility index (Phi) is 9.83. The van der Waals surface area contributed by atoms with Crippen molar-refractivity contribution in [1.29, 1.82) is 0 Å². The molecule has 1 aromatic heterocycles. The van der Waals surface area contributed by atoms with Gasteiger partial charge >= 0.3 is 148 Å². The van der Waals surface area contributed by atoms with Crippen LogP contribution < -0.4 is 3.71 Å². The summed E-state index contributed by atoms with van der Waals surface area (Å²) in [5.41, 5.74) is 0. The molecule has 1 heterocycles. The summed E-state index contributed by atoms with van der Waals surface area (Å²) >= 11 is -2.40. The van der Waals surface area contributed by atoms with E-state index in [9.17, 15) is 5.11 Å². The first kappa shape index (κ1) is 21.0. The normalized spacial score (nSPS) is 13.5. The minimum atomic E-state index is -2.40. The van der Waals surface area contributed by atoms with E-state index in [0.717, 1.165) is 5.82 Å². The summed E-state index contributed by atoms with van der Waals surface area (Å²) in [4.78, 5) is 5.08. The first-order valence-corrected chi connectivity index (χ1v) is 17.2. The number of imidazole rings is 1. The number of aromatic nitrogens is 2. The summed E-state index contributed by atoms with van der Waals surface area (Å²) in [5, 5.41) is 9.73. The zero-order valence-corrected chi connectivity index (χ0v) is 18.9. The van der Waals surface area contributed by atoms with Crippen LogP contribution in [-0.4, -0.2) is 39.1 Å². The van der Waals surface area contributed by atoms with Crippen LogP contribution in [-0.2, 0) is 13.5 Å². The molecular weight excluding hydrogens is 391 g/mol. The molecule has 0 spiro atoms. The quantitative estimate of drug-likeness (QED) is 0.501. The number of aliphatic hydroxyl groups is 1. The van der Waals surface area contributed by atoms with Gasteiger partial charge in [-0.15, -0.1) is 0 Å². The molecule has 1 rings (SSSR count). The van der Waals surface area contributed by atoms with Gasteiger partial charge in [0.25, 0.3) is 0 Å². The summed E-state index contributed by atoms with van der Waals surface area (Å²) < 4.78 is 8.02. The van der Waals surface area contributed by atoms with Crippen molar-refractivity contribution >= 4 is 22.1 Å². The molecule has 1 aromatic rings. The Labute approximate surface area is 147 Å². The third kappa shape index (κ3) is 6.41. The Hall–Kier alpha value is -0.0313. The van der Waals surface area contributed by atoms with Crippen molar-refractivity contribution in [3.05, 3.63) is 12.0 Å². The molecule has 1 unspecified atom stereocenters. The molecule has 0 aliphatic rings. The molecule has 0 aliphatic heterocycles. The Balaban J connectivity index is 3.12. The zero-order valence-electron chi connectivity index (χ0n) is 16.1. The summed E-state index contributed by atoms with van der Waals surface area (Å²) in [6.45, 7) is 8.80. The molecule has 1 N–H and O–H groups in total. The SMILES string of the molecule is CCC[CH2][Sn]([CH2]CCC)([CH2]CCC)[c]1cn(C)c(CC(C)O)n1. The molecule has 0 bridgehead atoms. The van der Waals surface area contributed by atoms with Gasteiger partial charge in [-0.3, -0.25) is 0 Å². The number of hydrogen-bond acceptors (Lipinski definition) is 2. The van der Waals surface area contributed by atoms with E-state index in [1.165, 1.54) is 55.5 Å². The molecule has 0 radical (unpaired) electrons. The maximum atomic E-state index is 9.73. The van der Waals surface area contributed by atoms with Crippen LogP contribution in [0.3, 0.4) is 0 Å². The molecule has 0 aromatic carbocycles. The second kappa shape index (κ2) is 10.8. The fourth-order valence-corrected chi connectivity index (χ4v) is 19.1. The minimum absolute atomic E-state index is 0.310. The van der Waals surface area contributed by atoms with E-state index in [-0.39, 0.29) is 6.10 Å². The maximum absolute atomic E-state index is 9.73. The number of aryl methyl sites for hydroxylation is 1. The van der Waals surface area contributed by atoms with Crippen molar-refractivity contribution in [3.63, 3.8) is 0 Å². The first-order valence-electron chi connectivity index (χ1n) is 9.69. The van der Waals surface area contributed by atoms with Gasteiger partial charge in [-0.2, -0.15) is 0 Å². The third-order valence-electron chi connectivity index (χ3n) is 5.02. The van der Waals surface area contributed by atoms with Gasteiger partial charge in [-0.1, -0.05) is 0 Å². The monoisotopic (exact) mass is 430 g/mol. The Morgan fingerprint density at radius 1 is 1.04 bits per heavy atom. The Morgan fingerprint density at radius 3 is 1.91 bits per heavy atom. The number of hydrogen-bond donors (Lipinski definition) is 1. The standard InChI is InChI=1S/C7H11N2O.3C4H9.Sn/c1-6(10)5-7-8-3-4-9(7)2;3*1-3-4-2;/h4,6,10H,5H2,1-2H3;3*1,3-4H2,2H3;. The summed E-state index contributed by atoms with van der Waals surface area (Å²) in [6.07, 6.45) is 10.7. The molecule has 1 atom stereocenters. The predicted molar refractivity (Wildman–Crippen MR) is 103 cm³/mol. The third-order valence-corrected chi connectivity index (χ3v) is 20.0. The van der Waals surface area contributed by atoms with E-state index in [4.69, 9.17) is 4.98 Å². The fourth-order valence-electron chi connectivity index (χ4n) is 3.52. The molecule has 3 nitrogen and oxygen atoms in total. The van der Waals surface area contributed by atoms with Crippen molar-refractivity contribution in [3.8, 4) is 0 Å². The Bertz CT molecular complexity index is 421. The summed E-state index contributed by atoms with van der Waals surface area (Å²) in [5.74, 6) is 1.07. The molecule has 134 valence electrons. The zero-order chi connectivity index (χ0) is 17.3. The molecular formula is C19H38N2OSn.